The standard InChI is InChI=1S/C13H30N2O/c1-6-8-14-13(4,11-16)10-15(5)9-7-12(2)3/h12,14,16H,6-11H2,1-5H3. The molecule has 98 valence electrons. The van der Waals surface area contributed by atoms with Gasteiger partial charge in [-0.1, -0.05) is 20.8 Å². The molecule has 0 heterocycles. The molecular formula is C13H30N2O. The van der Waals surface area contributed by atoms with Gasteiger partial charge in [0.1, 0.15) is 0 Å². The van der Waals surface area contributed by atoms with Gasteiger partial charge in [0.05, 0.1) is 12.1 Å². The molecule has 0 aliphatic heterocycles. The Bertz CT molecular complexity index is 173. The van der Waals surface area contributed by atoms with Crippen LogP contribution in [0.25, 0.3) is 0 Å². The Labute approximate surface area is 101 Å². The van der Waals surface area contributed by atoms with Gasteiger partial charge in [0, 0.05) is 6.54 Å². The summed E-state index contributed by atoms with van der Waals surface area (Å²) in [5.74, 6) is 0.742. The molecule has 0 aromatic rings. The molecule has 0 aromatic carbocycles. The second kappa shape index (κ2) is 8.04. The van der Waals surface area contributed by atoms with Crippen LogP contribution >= 0.6 is 0 Å². The first-order valence-electron chi connectivity index (χ1n) is 6.48. The van der Waals surface area contributed by atoms with Gasteiger partial charge in [-0.3, -0.25) is 0 Å². The van der Waals surface area contributed by atoms with Crippen molar-refractivity contribution in [3.63, 3.8) is 0 Å². The zero-order valence-corrected chi connectivity index (χ0v) is 11.7. The summed E-state index contributed by atoms with van der Waals surface area (Å²) in [6.07, 6.45) is 2.32. The second-order valence-corrected chi connectivity index (χ2v) is 5.57. The highest BCUT2D eigenvalue weighted by Gasteiger charge is 2.23. The largest absolute Gasteiger partial charge is 0.394 e. The Kier molecular flexibility index (Phi) is 7.98. The quantitative estimate of drug-likeness (QED) is 0.633. The molecule has 0 spiro atoms. The third-order valence-electron chi connectivity index (χ3n) is 2.86. The molecule has 0 aromatic heterocycles. The summed E-state index contributed by atoms with van der Waals surface area (Å²) >= 11 is 0. The van der Waals surface area contributed by atoms with Crippen molar-refractivity contribution in [2.24, 2.45) is 5.92 Å². The zero-order chi connectivity index (χ0) is 12.6. The maximum atomic E-state index is 9.45. The van der Waals surface area contributed by atoms with Crippen LogP contribution in [-0.4, -0.2) is 48.8 Å². The van der Waals surface area contributed by atoms with Crippen molar-refractivity contribution in [2.75, 3.05) is 33.3 Å². The maximum Gasteiger partial charge on any atom is 0.0623 e. The van der Waals surface area contributed by atoms with E-state index >= 15 is 0 Å². The number of aliphatic hydroxyl groups is 1. The van der Waals surface area contributed by atoms with Crippen LogP contribution in [0.1, 0.15) is 40.5 Å². The number of aliphatic hydroxyl groups excluding tert-OH is 1. The first kappa shape index (κ1) is 15.9. The van der Waals surface area contributed by atoms with E-state index in [2.05, 4.69) is 45.0 Å². The molecule has 2 N–H and O–H groups in total. The summed E-state index contributed by atoms with van der Waals surface area (Å²) in [5.41, 5.74) is -0.165. The molecule has 0 rings (SSSR count). The topological polar surface area (TPSA) is 35.5 Å². The van der Waals surface area contributed by atoms with Crippen LogP contribution in [0.5, 0.6) is 0 Å². The van der Waals surface area contributed by atoms with Gasteiger partial charge in [-0.05, 0) is 45.8 Å². The first-order chi connectivity index (χ1) is 7.43. The minimum absolute atomic E-state index is 0.165. The number of rotatable bonds is 9. The lowest BCUT2D eigenvalue weighted by Gasteiger charge is -2.33. The molecule has 0 bridgehead atoms. The molecular weight excluding hydrogens is 200 g/mol. The molecule has 3 heteroatoms. The molecule has 1 atom stereocenters. The zero-order valence-electron chi connectivity index (χ0n) is 11.7. The van der Waals surface area contributed by atoms with Crippen LogP contribution in [0.3, 0.4) is 0 Å². The summed E-state index contributed by atoms with van der Waals surface area (Å²) in [6.45, 7) is 11.9. The van der Waals surface area contributed by atoms with E-state index in [-0.39, 0.29) is 12.1 Å². The average Bonchev–Trinajstić information content (AvgIpc) is 2.23. The van der Waals surface area contributed by atoms with Crippen molar-refractivity contribution in [3.8, 4) is 0 Å². The van der Waals surface area contributed by atoms with E-state index in [0.29, 0.717) is 0 Å². The predicted molar refractivity (Wildman–Crippen MR) is 70.7 cm³/mol. The number of nitrogens with one attached hydrogen (secondary N) is 1. The first-order valence-corrected chi connectivity index (χ1v) is 6.48. The normalized spacial score (nSPS) is 15.8. The maximum absolute atomic E-state index is 9.45. The second-order valence-electron chi connectivity index (χ2n) is 5.57. The molecule has 0 saturated heterocycles. The fourth-order valence-corrected chi connectivity index (χ4v) is 1.74. The number of hydrogen-bond donors (Lipinski definition) is 2. The van der Waals surface area contributed by atoms with Crippen LogP contribution in [0, 0.1) is 5.92 Å². The molecule has 3 nitrogen and oxygen atoms in total. The molecule has 0 saturated carbocycles. The van der Waals surface area contributed by atoms with Crippen LogP contribution in [0.4, 0.5) is 0 Å². The average molecular weight is 230 g/mol. The lowest BCUT2D eigenvalue weighted by Crippen LogP contribution is -2.53. The minimum Gasteiger partial charge on any atom is -0.394 e. The van der Waals surface area contributed by atoms with E-state index in [1.54, 1.807) is 0 Å². The predicted octanol–water partition coefficient (Wildman–Crippen LogP) is 1.71. The fraction of sp³-hybridized carbons (Fsp3) is 1.00. The van der Waals surface area contributed by atoms with Crippen LogP contribution in [0.2, 0.25) is 0 Å². The van der Waals surface area contributed by atoms with Crippen molar-refractivity contribution in [2.45, 2.75) is 46.1 Å². The van der Waals surface area contributed by atoms with Gasteiger partial charge in [0.2, 0.25) is 0 Å². The summed E-state index contributed by atoms with van der Waals surface area (Å²) in [5, 5.41) is 12.9. The third kappa shape index (κ3) is 7.20. The van der Waals surface area contributed by atoms with E-state index in [1.807, 2.05) is 0 Å². The highest BCUT2D eigenvalue weighted by molar-refractivity contribution is 4.85. The van der Waals surface area contributed by atoms with E-state index in [9.17, 15) is 5.11 Å². The Morgan fingerprint density at radius 2 is 2.00 bits per heavy atom. The van der Waals surface area contributed by atoms with Gasteiger partial charge < -0.3 is 15.3 Å². The summed E-state index contributed by atoms with van der Waals surface area (Å²) < 4.78 is 0. The Morgan fingerprint density at radius 1 is 1.38 bits per heavy atom. The number of hydrogen-bond acceptors (Lipinski definition) is 3. The SMILES string of the molecule is CCCNC(C)(CO)CN(C)CCC(C)C. The number of nitrogens with zero attached hydrogens (tertiary/aromatic N) is 1. The molecule has 16 heavy (non-hydrogen) atoms. The summed E-state index contributed by atoms with van der Waals surface area (Å²) in [7, 11) is 2.13. The summed E-state index contributed by atoms with van der Waals surface area (Å²) in [6, 6.07) is 0. The van der Waals surface area contributed by atoms with E-state index in [4.69, 9.17) is 0 Å². The van der Waals surface area contributed by atoms with Gasteiger partial charge in [0.15, 0.2) is 0 Å². The number of likely N-dealkylation sites (N-methyl/N-ethyl adjacent to an activating group) is 1. The van der Waals surface area contributed by atoms with Gasteiger partial charge in [0.25, 0.3) is 0 Å². The van der Waals surface area contributed by atoms with E-state index in [0.717, 1.165) is 32.0 Å². The van der Waals surface area contributed by atoms with Crippen LogP contribution in [0.15, 0.2) is 0 Å². The highest BCUT2D eigenvalue weighted by Crippen LogP contribution is 2.07. The fourth-order valence-electron chi connectivity index (χ4n) is 1.74. The van der Waals surface area contributed by atoms with Gasteiger partial charge in [-0.2, -0.15) is 0 Å². The van der Waals surface area contributed by atoms with E-state index in [1.165, 1.54) is 6.42 Å². The lowest BCUT2D eigenvalue weighted by atomic mass is 10.0. The van der Waals surface area contributed by atoms with Crippen molar-refractivity contribution in [1.82, 2.24) is 10.2 Å². The van der Waals surface area contributed by atoms with Gasteiger partial charge in [-0.25, -0.2) is 0 Å². The lowest BCUT2D eigenvalue weighted by molar-refractivity contribution is 0.130. The van der Waals surface area contributed by atoms with E-state index < -0.39 is 0 Å². The molecule has 1 unspecified atom stereocenters. The summed E-state index contributed by atoms with van der Waals surface area (Å²) in [4.78, 5) is 2.30. The van der Waals surface area contributed by atoms with Crippen LogP contribution < -0.4 is 5.32 Å². The van der Waals surface area contributed by atoms with Gasteiger partial charge >= 0.3 is 0 Å². The Morgan fingerprint density at radius 3 is 2.44 bits per heavy atom. The van der Waals surface area contributed by atoms with Crippen molar-refractivity contribution in [1.29, 1.82) is 0 Å². The third-order valence-corrected chi connectivity index (χ3v) is 2.86. The van der Waals surface area contributed by atoms with Crippen molar-refractivity contribution in [3.05, 3.63) is 0 Å². The van der Waals surface area contributed by atoms with Gasteiger partial charge in [-0.15, -0.1) is 0 Å². The van der Waals surface area contributed by atoms with Crippen LogP contribution in [-0.2, 0) is 0 Å². The Hall–Kier alpha value is -0.120. The highest BCUT2D eigenvalue weighted by atomic mass is 16.3. The molecule has 0 aliphatic carbocycles. The molecule has 0 radical (unpaired) electrons. The molecule has 0 amide bonds. The van der Waals surface area contributed by atoms with Crippen molar-refractivity contribution >= 4 is 0 Å². The van der Waals surface area contributed by atoms with Crippen molar-refractivity contribution < 1.29 is 5.11 Å². The monoisotopic (exact) mass is 230 g/mol. The molecule has 0 fully saturated rings. The minimum atomic E-state index is -0.165. The molecule has 0 aliphatic rings. The smallest absolute Gasteiger partial charge is 0.0623 e. The Balaban J connectivity index is 3.98.